The van der Waals surface area contributed by atoms with Gasteiger partial charge in [-0.1, -0.05) is 66.7 Å². The molecule has 1 aromatic rings. The monoisotopic (exact) mass is 441 g/mol. The highest BCUT2D eigenvalue weighted by Gasteiger charge is 2.26. The molecule has 0 amide bonds. The average Bonchev–Trinajstić information content (AvgIpc) is 2.23. The maximum Gasteiger partial charge on any atom is 0.557 e. The standard InChI is InChI=1S/C9H7Br2Cl3O2P/c10-3-5(11)4-17(15)16-9-7(13)1-6(12)2-8(9)14/h1-2,5H,3-4H2/q+1. The normalized spacial score (nSPS) is 13.4. The Hall–Kier alpha value is 0.950. The first kappa shape index (κ1) is 16.0. The molecule has 0 saturated carbocycles. The predicted octanol–water partition coefficient (Wildman–Crippen LogP) is 5.93. The van der Waals surface area contributed by atoms with E-state index in [1.807, 2.05) is 0 Å². The van der Waals surface area contributed by atoms with Gasteiger partial charge in [0.15, 0.2) is 6.16 Å². The first-order valence-corrected chi connectivity index (χ1v) is 8.94. The molecule has 0 spiro atoms. The minimum absolute atomic E-state index is 0.0657. The molecule has 0 fully saturated rings. The number of halogens is 5. The van der Waals surface area contributed by atoms with Gasteiger partial charge < -0.3 is 0 Å². The Balaban J connectivity index is 2.78. The highest BCUT2D eigenvalue weighted by Crippen LogP contribution is 2.41. The van der Waals surface area contributed by atoms with Crippen LogP contribution in [-0.4, -0.2) is 16.3 Å². The van der Waals surface area contributed by atoms with Crippen molar-refractivity contribution in [2.75, 3.05) is 11.5 Å². The van der Waals surface area contributed by atoms with Gasteiger partial charge in [0.2, 0.25) is 5.75 Å². The summed E-state index contributed by atoms with van der Waals surface area (Å²) in [6, 6.07) is 2.98. The van der Waals surface area contributed by atoms with E-state index in [1.54, 1.807) is 0 Å². The molecule has 0 N–H and O–H groups in total. The van der Waals surface area contributed by atoms with Gasteiger partial charge in [0.25, 0.3) is 0 Å². The summed E-state index contributed by atoms with van der Waals surface area (Å²) in [6.45, 7) is 0. The number of hydrogen-bond acceptors (Lipinski definition) is 2. The highest BCUT2D eigenvalue weighted by molar-refractivity contribution is 9.12. The van der Waals surface area contributed by atoms with Crippen molar-refractivity contribution in [2.24, 2.45) is 0 Å². The van der Waals surface area contributed by atoms with Crippen LogP contribution in [0.2, 0.25) is 15.1 Å². The van der Waals surface area contributed by atoms with Crippen molar-refractivity contribution >= 4 is 74.7 Å². The van der Waals surface area contributed by atoms with Gasteiger partial charge in [-0.3, -0.25) is 4.52 Å². The van der Waals surface area contributed by atoms with Gasteiger partial charge in [-0.2, -0.15) is 0 Å². The van der Waals surface area contributed by atoms with Crippen LogP contribution in [0.25, 0.3) is 0 Å². The van der Waals surface area contributed by atoms with E-state index >= 15 is 0 Å². The lowest BCUT2D eigenvalue weighted by Crippen LogP contribution is -2.04. The van der Waals surface area contributed by atoms with E-state index < -0.39 is 8.03 Å². The molecule has 17 heavy (non-hydrogen) atoms. The van der Waals surface area contributed by atoms with Gasteiger partial charge in [0.05, 0.1) is 14.9 Å². The summed E-state index contributed by atoms with van der Waals surface area (Å²) in [7, 11) is -1.88. The zero-order valence-corrected chi connectivity index (χ0v) is 14.6. The number of rotatable bonds is 5. The van der Waals surface area contributed by atoms with E-state index in [9.17, 15) is 4.57 Å². The van der Waals surface area contributed by atoms with Crippen molar-refractivity contribution in [1.82, 2.24) is 0 Å². The van der Waals surface area contributed by atoms with Crippen molar-refractivity contribution < 1.29 is 9.09 Å². The summed E-state index contributed by atoms with van der Waals surface area (Å²) >= 11 is 24.2. The van der Waals surface area contributed by atoms with Gasteiger partial charge >= 0.3 is 8.03 Å². The van der Waals surface area contributed by atoms with Gasteiger partial charge in [0.1, 0.15) is 0 Å². The molecule has 0 heterocycles. The Kier molecular flexibility index (Phi) is 7.08. The lowest BCUT2D eigenvalue weighted by molar-refractivity contribution is 0.505. The predicted molar refractivity (Wildman–Crippen MR) is 81.1 cm³/mol. The molecule has 0 bridgehead atoms. The second kappa shape index (κ2) is 7.52. The minimum Gasteiger partial charge on any atom is -0.251 e. The smallest absolute Gasteiger partial charge is 0.251 e. The van der Waals surface area contributed by atoms with E-state index in [2.05, 4.69) is 31.9 Å². The Bertz CT molecular complexity index is 408. The Morgan fingerprint density at radius 2 is 1.82 bits per heavy atom. The summed E-state index contributed by atoms with van der Waals surface area (Å²) < 4.78 is 16.9. The number of hydrogen-bond donors (Lipinski definition) is 0. The van der Waals surface area contributed by atoms with Crippen LogP contribution in [0.3, 0.4) is 0 Å². The Labute approximate surface area is 132 Å². The molecular weight excluding hydrogens is 437 g/mol. The molecule has 2 atom stereocenters. The fourth-order valence-electron chi connectivity index (χ4n) is 0.966. The minimum atomic E-state index is -1.88. The van der Waals surface area contributed by atoms with Gasteiger partial charge in [-0.15, -0.1) is 0 Å². The van der Waals surface area contributed by atoms with Crippen LogP contribution in [0.15, 0.2) is 12.1 Å². The van der Waals surface area contributed by atoms with Gasteiger partial charge in [0, 0.05) is 10.4 Å². The SMILES string of the molecule is O=[P+](CC(Br)CBr)Oc1c(Cl)cc(Cl)cc1Cl. The highest BCUT2D eigenvalue weighted by atomic mass is 79.9. The molecule has 1 rings (SSSR count). The molecule has 2 nitrogen and oxygen atoms in total. The first-order chi connectivity index (χ1) is 7.93. The van der Waals surface area contributed by atoms with Crippen molar-refractivity contribution in [3.05, 3.63) is 27.2 Å². The van der Waals surface area contributed by atoms with E-state index in [0.717, 1.165) is 0 Å². The van der Waals surface area contributed by atoms with Gasteiger partial charge in [-0.05, 0) is 16.7 Å². The maximum atomic E-state index is 11.7. The van der Waals surface area contributed by atoms with Crippen LogP contribution in [-0.2, 0) is 4.57 Å². The third-order valence-electron chi connectivity index (χ3n) is 1.67. The van der Waals surface area contributed by atoms with Crippen LogP contribution in [0.5, 0.6) is 5.75 Å². The van der Waals surface area contributed by atoms with Crippen LogP contribution < -0.4 is 4.52 Å². The molecular formula is C9H7Br2Cl3O2P+. The molecule has 0 aromatic heterocycles. The summed E-state index contributed by atoms with van der Waals surface area (Å²) in [6.07, 6.45) is 0.357. The molecule has 0 aliphatic heterocycles. The summed E-state index contributed by atoms with van der Waals surface area (Å²) in [5.41, 5.74) is 0. The van der Waals surface area contributed by atoms with Crippen LogP contribution in [0.4, 0.5) is 0 Å². The largest absolute Gasteiger partial charge is 0.557 e. The second-order valence-electron chi connectivity index (χ2n) is 3.06. The maximum absolute atomic E-state index is 11.7. The van der Waals surface area contributed by atoms with Crippen LogP contribution in [0, 0.1) is 0 Å². The third-order valence-corrected chi connectivity index (χ3v) is 6.37. The molecule has 0 saturated heterocycles. The van der Waals surface area contributed by atoms with Crippen molar-refractivity contribution in [3.63, 3.8) is 0 Å². The van der Waals surface area contributed by atoms with Crippen LogP contribution >= 0.6 is 74.7 Å². The Morgan fingerprint density at radius 3 is 2.29 bits per heavy atom. The molecule has 2 unspecified atom stereocenters. The molecule has 0 radical (unpaired) electrons. The lowest BCUT2D eigenvalue weighted by atomic mass is 10.3. The zero-order valence-electron chi connectivity index (χ0n) is 8.30. The zero-order chi connectivity index (χ0) is 13.0. The molecule has 0 aliphatic carbocycles. The van der Waals surface area contributed by atoms with Gasteiger partial charge in [-0.25, -0.2) is 0 Å². The summed E-state index contributed by atoms with van der Waals surface area (Å²) in [4.78, 5) is 0.0657. The van der Waals surface area contributed by atoms with Crippen molar-refractivity contribution in [1.29, 1.82) is 0 Å². The third kappa shape index (κ3) is 5.22. The van der Waals surface area contributed by atoms with Crippen molar-refractivity contribution in [2.45, 2.75) is 4.83 Å². The first-order valence-electron chi connectivity index (χ1n) is 4.41. The van der Waals surface area contributed by atoms with E-state index in [0.29, 0.717) is 16.5 Å². The lowest BCUT2D eigenvalue weighted by Gasteiger charge is -2.02. The fourth-order valence-corrected chi connectivity index (χ4v) is 4.19. The summed E-state index contributed by atoms with van der Waals surface area (Å²) in [5.74, 6) is 0.202. The summed E-state index contributed by atoms with van der Waals surface area (Å²) in [5, 5.41) is 1.58. The van der Waals surface area contributed by atoms with Crippen molar-refractivity contribution in [3.8, 4) is 5.75 Å². The number of alkyl halides is 2. The second-order valence-corrected chi connectivity index (χ2v) is 7.46. The number of benzene rings is 1. The molecule has 8 heteroatoms. The van der Waals surface area contributed by atoms with Crippen LogP contribution in [0.1, 0.15) is 0 Å². The Morgan fingerprint density at radius 1 is 1.29 bits per heavy atom. The molecule has 1 aromatic carbocycles. The molecule has 94 valence electrons. The molecule has 0 aliphatic rings. The van der Waals surface area contributed by atoms with E-state index in [1.165, 1.54) is 12.1 Å². The average molecular weight is 444 g/mol. The topological polar surface area (TPSA) is 26.3 Å². The quantitative estimate of drug-likeness (QED) is 0.416. The van der Waals surface area contributed by atoms with E-state index in [4.69, 9.17) is 39.3 Å². The fraction of sp³-hybridized carbons (Fsp3) is 0.333. The van der Waals surface area contributed by atoms with E-state index in [-0.39, 0.29) is 20.6 Å².